The highest BCUT2D eigenvalue weighted by atomic mass is 16.5. The van der Waals surface area contributed by atoms with Crippen LogP contribution in [0.3, 0.4) is 0 Å². The minimum atomic E-state index is -0.00947. The monoisotopic (exact) mass is 409 g/mol. The molecule has 1 aromatic heterocycles. The van der Waals surface area contributed by atoms with Crippen LogP contribution in [0.4, 0.5) is 5.82 Å². The van der Waals surface area contributed by atoms with Gasteiger partial charge in [0.2, 0.25) is 0 Å². The van der Waals surface area contributed by atoms with E-state index in [2.05, 4.69) is 17.3 Å². The van der Waals surface area contributed by atoms with Crippen LogP contribution in [0.5, 0.6) is 5.75 Å². The quantitative estimate of drug-likeness (QED) is 0.837. The summed E-state index contributed by atoms with van der Waals surface area (Å²) in [7, 11) is 5.68. The number of para-hydroxylation sites is 1. The van der Waals surface area contributed by atoms with Gasteiger partial charge in [-0.2, -0.15) is 0 Å². The number of nitrogens with one attached hydrogen (secondary N) is 1. The third-order valence-corrected chi connectivity index (χ3v) is 6.24. The summed E-state index contributed by atoms with van der Waals surface area (Å²) >= 11 is 0. The highest BCUT2D eigenvalue weighted by Gasteiger charge is 2.29. The molecule has 0 saturated carbocycles. The maximum Gasteiger partial charge on any atom is 0.257 e. The van der Waals surface area contributed by atoms with Crippen molar-refractivity contribution in [3.8, 4) is 5.75 Å². The summed E-state index contributed by atoms with van der Waals surface area (Å²) < 4.78 is 5.51. The summed E-state index contributed by atoms with van der Waals surface area (Å²) in [6, 6.07) is 5.70. The summed E-state index contributed by atoms with van der Waals surface area (Å²) in [5.41, 5.74) is 3.66. The molecule has 160 valence electrons. The van der Waals surface area contributed by atoms with Crippen molar-refractivity contribution in [3.63, 3.8) is 0 Å². The van der Waals surface area contributed by atoms with E-state index in [4.69, 9.17) is 14.7 Å². The molecule has 7 nitrogen and oxygen atoms in total. The summed E-state index contributed by atoms with van der Waals surface area (Å²) in [5.74, 6) is 2.78. The predicted molar refractivity (Wildman–Crippen MR) is 117 cm³/mol. The highest BCUT2D eigenvalue weighted by Crippen LogP contribution is 2.31. The molecule has 30 heavy (non-hydrogen) atoms. The fourth-order valence-electron chi connectivity index (χ4n) is 4.65. The van der Waals surface area contributed by atoms with Crippen LogP contribution in [-0.2, 0) is 13.0 Å². The average molecular weight is 410 g/mol. The van der Waals surface area contributed by atoms with Crippen molar-refractivity contribution in [2.75, 3.05) is 46.2 Å². The fraction of sp³-hybridized carbons (Fsp3) is 0.522. The van der Waals surface area contributed by atoms with Crippen LogP contribution >= 0.6 is 0 Å². The molecule has 2 aliphatic rings. The molecule has 2 aliphatic heterocycles. The minimum absolute atomic E-state index is 0.00947. The molecule has 1 unspecified atom stereocenters. The number of amides is 1. The predicted octanol–water partition coefficient (Wildman–Crippen LogP) is 2.84. The third-order valence-electron chi connectivity index (χ3n) is 6.24. The lowest BCUT2D eigenvalue weighted by Crippen LogP contribution is -2.38. The summed E-state index contributed by atoms with van der Waals surface area (Å²) in [6.07, 6.45) is 3.01. The first kappa shape index (κ1) is 20.6. The molecule has 7 heteroatoms. The van der Waals surface area contributed by atoms with Gasteiger partial charge in [-0.3, -0.25) is 4.79 Å². The van der Waals surface area contributed by atoms with Crippen molar-refractivity contribution >= 4 is 11.7 Å². The van der Waals surface area contributed by atoms with Gasteiger partial charge in [-0.1, -0.05) is 12.1 Å². The number of aryl methyl sites for hydroxylation is 1. The van der Waals surface area contributed by atoms with Gasteiger partial charge in [0, 0.05) is 31.6 Å². The Labute approximate surface area is 178 Å². The molecule has 0 spiro atoms. The maximum absolute atomic E-state index is 13.3. The number of likely N-dealkylation sites (tertiary alicyclic amines) is 1. The lowest BCUT2D eigenvalue weighted by Gasteiger charge is -2.32. The lowest BCUT2D eigenvalue weighted by molar-refractivity contribution is 0.0728. The van der Waals surface area contributed by atoms with E-state index in [9.17, 15) is 4.79 Å². The number of fused-ring (bicyclic) bond motifs is 1. The minimum Gasteiger partial charge on any atom is -0.496 e. The zero-order valence-electron chi connectivity index (χ0n) is 18.4. The Morgan fingerprint density at radius 3 is 2.83 bits per heavy atom. The number of hydrogen-bond donors (Lipinski definition) is 1. The van der Waals surface area contributed by atoms with E-state index in [-0.39, 0.29) is 5.91 Å². The van der Waals surface area contributed by atoms with Gasteiger partial charge in [-0.25, -0.2) is 9.97 Å². The van der Waals surface area contributed by atoms with Crippen molar-refractivity contribution in [3.05, 3.63) is 46.4 Å². The Morgan fingerprint density at radius 1 is 1.27 bits per heavy atom. The Hall–Kier alpha value is -2.67. The molecule has 1 atom stereocenters. The van der Waals surface area contributed by atoms with Crippen molar-refractivity contribution in [2.45, 2.75) is 38.6 Å². The summed E-state index contributed by atoms with van der Waals surface area (Å²) in [5, 5.41) is 3.26. The topological polar surface area (TPSA) is 70.6 Å². The number of carbonyl (C=O) groups excluding carboxylic acids is 1. The number of likely N-dealkylation sites (N-methyl/N-ethyl adjacent to an activating group) is 1. The molecule has 0 radical (unpaired) electrons. The smallest absolute Gasteiger partial charge is 0.257 e. The summed E-state index contributed by atoms with van der Waals surface area (Å²) in [4.78, 5) is 27.3. The van der Waals surface area contributed by atoms with Gasteiger partial charge in [0.05, 0.1) is 24.9 Å². The maximum atomic E-state index is 13.3. The zero-order valence-corrected chi connectivity index (χ0v) is 18.4. The van der Waals surface area contributed by atoms with Gasteiger partial charge >= 0.3 is 0 Å². The summed E-state index contributed by atoms with van der Waals surface area (Å²) in [6.45, 7) is 5.21. The molecule has 2 aromatic rings. The molecule has 4 rings (SSSR count). The largest absolute Gasteiger partial charge is 0.496 e. The molecule has 1 fully saturated rings. The number of benzene rings is 1. The zero-order chi connectivity index (χ0) is 21.3. The first-order valence-corrected chi connectivity index (χ1v) is 10.7. The van der Waals surface area contributed by atoms with E-state index in [1.807, 2.05) is 37.1 Å². The number of aromatic nitrogens is 2. The van der Waals surface area contributed by atoms with Gasteiger partial charge in [-0.05, 0) is 51.4 Å². The number of rotatable bonds is 4. The number of anilines is 1. The van der Waals surface area contributed by atoms with Crippen LogP contribution in [0.1, 0.15) is 51.8 Å². The number of ether oxygens (including phenoxy) is 1. The number of piperidine rings is 1. The van der Waals surface area contributed by atoms with Crippen LogP contribution < -0.4 is 10.1 Å². The first-order valence-electron chi connectivity index (χ1n) is 10.7. The van der Waals surface area contributed by atoms with Crippen molar-refractivity contribution < 1.29 is 9.53 Å². The Kier molecular flexibility index (Phi) is 5.90. The molecular formula is C23H31N5O2. The van der Waals surface area contributed by atoms with Crippen molar-refractivity contribution in [2.24, 2.45) is 0 Å². The van der Waals surface area contributed by atoms with Gasteiger partial charge in [0.25, 0.3) is 5.91 Å². The van der Waals surface area contributed by atoms with Crippen molar-refractivity contribution in [1.29, 1.82) is 0 Å². The lowest BCUT2D eigenvalue weighted by atomic mass is 9.96. The van der Waals surface area contributed by atoms with Crippen LogP contribution in [0.25, 0.3) is 0 Å². The van der Waals surface area contributed by atoms with Gasteiger partial charge < -0.3 is 19.9 Å². The second kappa shape index (κ2) is 8.60. The van der Waals surface area contributed by atoms with E-state index in [1.165, 1.54) is 0 Å². The molecule has 0 aliphatic carbocycles. The number of methoxy groups -OCH3 is 1. The molecule has 1 aromatic carbocycles. The SMILES string of the molecule is CNc1nc(C2CCCN(C)C2)nc2c1CCN(C(=O)c1cccc(C)c1OC)C2. The van der Waals surface area contributed by atoms with Gasteiger partial charge in [-0.15, -0.1) is 0 Å². The number of nitrogens with zero attached hydrogens (tertiary/aromatic N) is 4. The first-order chi connectivity index (χ1) is 14.5. The number of hydrogen-bond acceptors (Lipinski definition) is 6. The van der Waals surface area contributed by atoms with Crippen molar-refractivity contribution in [1.82, 2.24) is 19.8 Å². The molecular weight excluding hydrogens is 378 g/mol. The van der Waals surface area contributed by atoms with E-state index in [0.29, 0.717) is 30.3 Å². The van der Waals surface area contributed by atoms with E-state index >= 15 is 0 Å². The second-order valence-electron chi connectivity index (χ2n) is 8.34. The molecule has 1 amide bonds. The molecule has 0 bridgehead atoms. The van der Waals surface area contributed by atoms with Crippen LogP contribution in [0.15, 0.2) is 18.2 Å². The van der Waals surface area contributed by atoms with Gasteiger partial charge in [0.1, 0.15) is 17.4 Å². The Bertz CT molecular complexity index is 945. The second-order valence-corrected chi connectivity index (χ2v) is 8.34. The molecule has 1 saturated heterocycles. The standard InChI is InChI=1S/C23H31N5O2/c1-15-7-5-9-18(20(15)30-4)23(29)28-12-10-17-19(14-28)25-21(26-22(17)24-2)16-8-6-11-27(3)13-16/h5,7,9,16H,6,8,10-14H2,1-4H3,(H,24,25,26). The third kappa shape index (κ3) is 3.86. The van der Waals surface area contributed by atoms with Crippen LogP contribution in [0, 0.1) is 6.92 Å². The number of carbonyl (C=O) groups is 1. The Morgan fingerprint density at radius 2 is 2.10 bits per heavy atom. The van der Waals surface area contributed by atoms with Crippen LogP contribution in [-0.4, -0.2) is 66.5 Å². The van der Waals surface area contributed by atoms with E-state index in [1.54, 1.807) is 7.11 Å². The highest BCUT2D eigenvalue weighted by molar-refractivity contribution is 5.97. The molecule has 3 heterocycles. The normalized spacial score (nSPS) is 19.3. The molecule has 1 N–H and O–H groups in total. The average Bonchev–Trinajstić information content (AvgIpc) is 2.77. The van der Waals surface area contributed by atoms with Gasteiger partial charge in [0.15, 0.2) is 0 Å². The van der Waals surface area contributed by atoms with Crippen LogP contribution in [0.2, 0.25) is 0 Å². The van der Waals surface area contributed by atoms with E-state index in [0.717, 1.165) is 60.8 Å². The fourth-order valence-corrected chi connectivity index (χ4v) is 4.65. The van der Waals surface area contributed by atoms with E-state index < -0.39 is 0 Å². The Balaban J connectivity index is 1.63.